The molecule has 0 radical (unpaired) electrons. The van der Waals surface area contributed by atoms with Crippen LogP contribution in [0.2, 0.25) is 8.26 Å². The van der Waals surface area contributed by atoms with Gasteiger partial charge in [-0.05, 0) is 0 Å². The molecular formula is C40H42Cl2O2Zr. The molecule has 0 N–H and O–H groups in total. The van der Waals surface area contributed by atoms with Gasteiger partial charge in [-0.15, -0.1) is 0 Å². The minimum absolute atomic E-state index is 0. The van der Waals surface area contributed by atoms with Crippen LogP contribution >= 0.6 is 0 Å². The Hall–Kier alpha value is -2.58. The van der Waals surface area contributed by atoms with E-state index in [9.17, 15) is 0 Å². The van der Waals surface area contributed by atoms with Crippen molar-refractivity contribution in [3.05, 3.63) is 118 Å². The maximum atomic E-state index is 5.46. The molecule has 4 aromatic rings. The second kappa shape index (κ2) is 14.0. The van der Waals surface area contributed by atoms with E-state index in [1.165, 1.54) is 67.3 Å². The van der Waals surface area contributed by atoms with Crippen LogP contribution in [0, 0.1) is 0 Å². The zero-order chi connectivity index (χ0) is 29.6. The van der Waals surface area contributed by atoms with Gasteiger partial charge in [-0.3, -0.25) is 0 Å². The Bertz CT molecular complexity index is 1590. The summed E-state index contributed by atoms with van der Waals surface area (Å²) in [6.07, 6.45) is 10.1. The van der Waals surface area contributed by atoms with Gasteiger partial charge in [0, 0.05) is 0 Å². The molecular weight excluding hydrogens is 675 g/mol. The van der Waals surface area contributed by atoms with Gasteiger partial charge >= 0.3 is 263 Å². The summed E-state index contributed by atoms with van der Waals surface area (Å²) in [5.41, 5.74) is 15.0. The van der Waals surface area contributed by atoms with Crippen LogP contribution in [0.25, 0.3) is 34.4 Å². The second-order valence-corrected chi connectivity index (χ2v) is 24.0. The van der Waals surface area contributed by atoms with Crippen molar-refractivity contribution < 1.29 is 54.6 Å². The van der Waals surface area contributed by atoms with E-state index in [1.54, 1.807) is 36.5 Å². The monoisotopic (exact) mass is 714 g/mol. The van der Waals surface area contributed by atoms with E-state index in [1.807, 2.05) is 0 Å². The van der Waals surface area contributed by atoms with Gasteiger partial charge in [-0.25, -0.2) is 0 Å². The van der Waals surface area contributed by atoms with E-state index in [4.69, 9.17) is 9.47 Å². The van der Waals surface area contributed by atoms with Crippen molar-refractivity contribution in [2.75, 3.05) is 14.2 Å². The van der Waals surface area contributed by atoms with E-state index in [0.717, 1.165) is 11.5 Å². The molecule has 2 aliphatic carbocycles. The first-order valence-corrected chi connectivity index (χ1v) is 22.4. The average Bonchev–Trinajstić information content (AvgIpc) is 3.60. The Labute approximate surface area is 286 Å². The summed E-state index contributed by atoms with van der Waals surface area (Å²) in [4.78, 5) is 0. The molecule has 0 aromatic heterocycles. The van der Waals surface area contributed by atoms with Gasteiger partial charge < -0.3 is 24.8 Å². The Morgan fingerprint density at radius 2 is 0.978 bits per heavy atom. The van der Waals surface area contributed by atoms with E-state index in [2.05, 4.69) is 111 Å². The molecule has 232 valence electrons. The number of fused-ring (bicyclic) bond motifs is 2. The fraction of sp³-hybridized carbons (Fsp3) is 0.300. The van der Waals surface area contributed by atoms with E-state index < -0.39 is 20.3 Å². The van der Waals surface area contributed by atoms with Gasteiger partial charge in [-0.1, -0.05) is 0 Å². The number of allylic oxidation sites excluding steroid dienone is 2. The molecule has 1 heterocycles. The number of benzene rings is 4. The number of ether oxygens (including phenoxy) is 2. The molecule has 3 aliphatic rings. The molecule has 7 rings (SSSR count). The van der Waals surface area contributed by atoms with Crippen LogP contribution in [0.4, 0.5) is 0 Å². The number of halogens is 2. The maximum absolute atomic E-state index is 5.46. The van der Waals surface area contributed by atoms with Crippen LogP contribution in [0.15, 0.2) is 96.1 Å². The SMILES string of the molecule is CCCC1=Cc2c(-c3ccc(OC)cc3)cccc2[CH]1[Zr+2]1([CH]2C(CCC)=Cc3c(-c4ccc(OC)cc4)cccc32)[CH2][CH2]1.[Cl-].[Cl-]. The standard InChI is InChI=1S/2C19H19O.C2H4.2ClH.Zr/c2*1-3-5-14-12-16-6-4-7-18(19(16)13-14)15-8-10-17(20-2)11-9-15;1-2;;;/h2*4,6-13H,3,5H2,1-2H3;1-2H2;2*1H;/q;;;;;+2/p-2. The molecule has 45 heavy (non-hydrogen) atoms. The van der Waals surface area contributed by atoms with Crippen LogP contribution in [0.3, 0.4) is 0 Å². The van der Waals surface area contributed by atoms with Crippen molar-refractivity contribution in [3.8, 4) is 33.8 Å². The van der Waals surface area contributed by atoms with Crippen molar-refractivity contribution in [3.63, 3.8) is 0 Å². The summed E-state index contributed by atoms with van der Waals surface area (Å²) in [5, 5.41) is 0. The summed E-state index contributed by atoms with van der Waals surface area (Å²) in [5.74, 6) is 1.82. The topological polar surface area (TPSA) is 18.5 Å². The Balaban J connectivity index is 0.00000200. The van der Waals surface area contributed by atoms with E-state index in [0.29, 0.717) is 7.25 Å². The summed E-state index contributed by atoms with van der Waals surface area (Å²) in [6.45, 7) is 4.71. The molecule has 1 saturated heterocycles. The number of rotatable bonds is 10. The number of hydrogen-bond donors (Lipinski definition) is 0. The summed E-state index contributed by atoms with van der Waals surface area (Å²) in [7, 11) is 3.48. The number of methoxy groups -OCH3 is 2. The Morgan fingerprint density at radius 1 is 0.578 bits per heavy atom. The fourth-order valence-electron chi connectivity index (χ4n) is 8.23. The third-order valence-corrected chi connectivity index (χ3v) is 23.2. The first-order valence-electron chi connectivity index (χ1n) is 16.1. The van der Waals surface area contributed by atoms with Crippen molar-refractivity contribution in [2.24, 2.45) is 0 Å². The Kier molecular flexibility index (Phi) is 10.5. The third-order valence-electron chi connectivity index (χ3n) is 10.2. The van der Waals surface area contributed by atoms with Gasteiger partial charge in [0.25, 0.3) is 0 Å². The number of hydrogen-bond acceptors (Lipinski definition) is 2. The zero-order valence-electron chi connectivity index (χ0n) is 26.7. The molecule has 1 aliphatic heterocycles. The Morgan fingerprint density at radius 3 is 1.31 bits per heavy atom. The van der Waals surface area contributed by atoms with Crippen molar-refractivity contribution in [2.45, 2.75) is 55.0 Å². The second-order valence-electron chi connectivity index (χ2n) is 12.6. The fourth-order valence-corrected chi connectivity index (χ4v) is 25.8. The van der Waals surface area contributed by atoms with Crippen LogP contribution in [0.1, 0.15) is 69.0 Å². The molecule has 0 bridgehead atoms. The van der Waals surface area contributed by atoms with Crippen LogP contribution < -0.4 is 34.3 Å². The molecule has 2 atom stereocenters. The normalized spacial score (nSPS) is 17.8. The zero-order valence-corrected chi connectivity index (χ0v) is 30.7. The smallest absolute Gasteiger partial charge is 1.00 e. The summed E-state index contributed by atoms with van der Waals surface area (Å²) in [6, 6.07) is 31.5. The van der Waals surface area contributed by atoms with Gasteiger partial charge in [0.05, 0.1) is 0 Å². The maximum Gasteiger partial charge on any atom is -1.00 e. The first-order chi connectivity index (χ1) is 21.1. The quantitative estimate of drug-likeness (QED) is 0.224. The van der Waals surface area contributed by atoms with Crippen molar-refractivity contribution in [1.82, 2.24) is 0 Å². The molecule has 0 saturated carbocycles. The molecule has 4 aromatic carbocycles. The average molecular weight is 717 g/mol. The third kappa shape index (κ3) is 5.90. The minimum Gasteiger partial charge on any atom is -1.00 e. The van der Waals surface area contributed by atoms with Crippen LogP contribution in [0.5, 0.6) is 11.5 Å². The van der Waals surface area contributed by atoms with Crippen molar-refractivity contribution >= 4 is 12.2 Å². The predicted molar refractivity (Wildman–Crippen MR) is 178 cm³/mol. The van der Waals surface area contributed by atoms with Crippen LogP contribution in [-0.4, -0.2) is 14.2 Å². The first kappa shape index (κ1) is 33.8. The van der Waals surface area contributed by atoms with Gasteiger partial charge in [-0.2, -0.15) is 0 Å². The largest absolute Gasteiger partial charge is 1.00 e. The molecule has 0 amide bonds. The van der Waals surface area contributed by atoms with Gasteiger partial charge in [0.1, 0.15) is 0 Å². The molecule has 2 nitrogen and oxygen atoms in total. The van der Waals surface area contributed by atoms with Crippen molar-refractivity contribution in [1.29, 1.82) is 0 Å². The molecule has 5 heteroatoms. The molecule has 1 fully saturated rings. The summed E-state index contributed by atoms with van der Waals surface area (Å²) >= 11 is -2.76. The molecule has 2 unspecified atom stereocenters. The van der Waals surface area contributed by atoms with Crippen LogP contribution in [-0.2, 0) is 20.3 Å². The summed E-state index contributed by atoms with van der Waals surface area (Å²) < 4.78 is 15.3. The predicted octanol–water partition coefficient (Wildman–Crippen LogP) is 5.23. The van der Waals surface area contributed by atoms with Gasteiger partial charge in [0.2, 0.25) is 0 Å². The van der Waals surface area contributed by atoms with Gasteiger partial charge in [0.15, 0.2) is 0 Å². The molecule has 0 spiro atoms. The van der Waals surface area contributed by atoms with E-state index >= 15 is 0 Å². The minimum atomic E-state index is -2.76. The van der Waals surface area contributed by atoms with E-state index in [-0.39, 0.29) is 24.8 Å².